The van der Waals surface area contributed by atoms with Crippen molar-refractivity contribution in [2.24, 2.45) is 23.2 Å². The highest BCUT2D eigenvalue weighted by Gasteiger charge is 2.60. The summed E-state index contributed by atoms with van der Waals surface area (Å²) in [7, 11) is -3.71. The summed E-state index contributed by atoms with van der Waals surface area (Å²) in [5.41, 5.74) is 3.54. The number of aryl methyl sites for hydroxylation is 1. The SMILES string of the molecule is C=CCCCCCCCCCC1C[C@H]2[C@@H]3CCc4cc(O[Si](C)(C)C(C)(C)C)ccc4[C@H]3CC[C@]2(C)[C@H]1O[Si](C)(C)C(C)(C)C. The summed E-state index contributed by atoms with van der Waals surface area (Å²) in [5, 5.41) is 0.470. The maximum atomic E-state index is 7.54. The molecular formula is C41H72O2Si2. The molecule has 1 unspecified atom stereocenters. The van der Waals surface area contributed by atoms with Crippen LogP contribution in [0.3, 0.4) is 0 Å². The van der Waals surface area contributed by atoms with Crippen LogP contribution in [0.25, 0.3) is 0 Å². The second-order valence-corrected chi connectivity index (χ2v) is 28.3. The van der Waals surface area contributed by atoms with Gasteiger partial charge < -0.3 is 8.85 Å². The van der Waals surface area contributed by atoms with Gasteiger partial charge in [0.2, 0.25) is 8.32 Å². The highest BCUT2D eigenvalue weighted by Crippen LogP contribution is 2.64. The number of allylic oxidation sites excluding steroid dienone is 1. The van der Waals surface area contributed by atoms with Crippen molar-refractivity contribution in [2.75, 3.05) is 0 Å². The lowest BCUT2D eigenvalue weighted by Gasteiger charge is -2.52. The van der Waals surface area contributed by atoms with Crippen LogP contribution in [-0.2, 0) is 10.8 Å². The molecule has 0 aliphatic heterocycles. The van der Waals surface area contributed by atoms with E-state index in [0.29, 0.717) is 17.4 Å². The molecule has 256 valence electrons. The first-order chi connectivity index (χ1) is 20.9. The van der Waals surface area contributed by atoms with Crippen molar-refractivity contribution >= 4 is 16.6 Å². The van der Waals surface area contributed by atoms with E-state index in [1.165, 1.54) is 89.9 Å². The van der Waals surface area contributed by atoms with Crippen LogP contribution in [0.4, 0.5) is 0 Å². The summed E-state index contributed by atoms with van der Waals surface area (Å²) >= 11 is 0. The molecule has 0 aromatic heterocycles. The molecular weight excluding hydrogens is 581 g/mol. The first-order valence-corrected chi connectivity index (χ1v) is 24.8. The molecule has 3 aliphatic carbocycles. The van der Waals surface area contributed by atoms with Gasteiger partial charge in [0.25, 0.3) is 0 Å². The Balaban J connectivity index is 1.48. The summed E-state index contributed by atoms with van der Waals surface area (Å²) in [6, 6.07) is 7.22. The minimum absolute atomic E-state index is 0.217. The fraction of sp³-hybridized carbons (Fsp3) is 0.805. The quantitative estimate of drug-likeness (QED) is 0.113. The molecule has 1 aromatic carbocycles. The van der Waals surface area contributed by atoms with Crippen LogP contribution in [-0.4, -0.2) is 22.7 Å². The molecule has 45 heavy (non-hydrogen) atoms. The largest absolute Gasteiger partial charge is 0.543 e. The Hall–Kier alpha value is -0.846. The molecule has 0 heterocycles. The average Bonchev–Trinajstić information content (AvgIpc) is 3.21. The smallest absolute Gasteiger partial charge is 0.250 e. The molecule has 3 aliphatic rings. The number of hydrogen-bond donors (Lipinski definition) is 0. The second kappa shape index (κ2) is 14.3. The Morgan fingerprint density at radius 3 is 2.11 bits per heavy atom. The van der Waals surface area contributed by atoms with Gasteiger partial charge in [0.15, 0.2) is 8.32 Å². The normalized spacial score (nSPS) is 28.7. The lowest BCUT2D eigenvalue weighted by Crippen LogP contribution is -2.51. The monoisotopic (exact) mass is 653 g/mol. The Morgan fingerprint density at radius 1 is 0.867 bits per heavy atom. The van der Waals surface area contributed by atoms with Crippen LogP contribution < -0.4 is 4.43 Å². The molecule has 0 radical (unpaired) electrons. The second-order valence-electron chi connectivity index (χ2n) is 18.8. The van der Waals surface area contributed by atoms with E-state index >= 15 is 0 Å². The molecule has 4 rings (SSSR count). The average molecular weight is 653 g/mol. The third kappa shape index (κ3) is 8.24. The summed E-state index contributed by atoms with van der Waals surface area (Å²) in [6.07, 6.45) is 21.3. The summed E-state index contributed by atoms with van der Waals surface area (Å²) in [6.45, 7) is 30.6. The summed E-state index contributed by atoms with van der Waals surface area (Å²) in [5.74, 6) is 4.14. The maximum absolute atomic E-state index is 7.54. The van der Waals surface area contributed by atoms with Gasteiger partial charge in [-0.2, -0.15) is 0 Å². The molecule has 2 nitrogen and oxygen atoms in total. The van der Waals surface area contributed by atoms with Gasteiger partial charge in [-0.1, -0.05) is 99.1 Å². The highest BCUT2D eigenvalue weighted by molar-refractivity contribution is 6.75. The topological polar surface area (TPSA) is 18.5 Å². The van der Waals surface area contributed by atoms with Crippen LogP contribution in [0.5, 0.6) is 5.75 Å². The van der Waals surface area contributed by atoms with Crippen LogP contribution >= 0.6 is 0 Å². The van der Waals surface area contributed by atoms with Gasteiger partial charge in [-0.15, -0.1) is 6.58 Å². The van der Waals surface area contributed by atoms with Crippen molar-refractivity contribution in [3.63, 3.8) is 0 Å². The maximum Gasteiger partial charge on any atom is 0.250 e. The molecule has 0 amide bonds. The summed E-state index contributed by atoms with van der Waals surface area (Å²) in [4.78, 5) is 0. The first kappa shape index (κ1) is 37.0. The van der Waals surface area contributed by atoms with Gasteiger partial charge in [0, 0.05) is 0 Å². The zero-order valence-corrected chi connectivity index (χ0v) is 33.6. The van der Waals surface area contributed by atoms with E-state index in [0.717, 1.165) is 23.5 Å². The van der Waals surface area contributed by atoms with Crippen molar-refractivity contribution in [1.29, 1.82) is 0 Å². The third-order valence-electron chi connectivity index (χ3n) is 13.7. The number of benzene rings is 1. The standard InChI is InChI=1S/C41H72O2Si2/c1-13-14-15-16-17-18-19-20-21-22-32-30-37-36-25-23-31-29-33(42-44(9,10)39(2,3)4)24-26-34(31)35(36)27-28-41(37,8)38(32)43-45(11,12)40(5,6)7/h13,24,26,29,32,35-38H,1,14-23,25,27-28,30H2,2-12H3/t32?,35-,36-,37+,38+,41+/m1/s1. The molecule has 0 spiro atoms. The van der Waals surface area contributed by atoms with E-state index in [1.54, 1.807) is 11.1 Å². The van der Waals surface area contributed by atoms with Crippen molar-refractivity contribution in [3.05, 3.63) is 42.0 Å². The van der Waals surface area contributed by atoms with E-state index < -0.39 is 16.6 Å². The number of rotatable bonds is 14. The fourth-order valence-corrected chi connectivity index (χ4v) is 11.2. The molecule has 6 atom stereocenters. The van der Waals surface area contributed by atoms with E-state index in [4.69, 9.17) is 8.85 Å². The lowest BCUT2D eigenvalue weighted by atomic mass is 9.55. The van der Waals surface area contributed by atoms with Crippen LogP contribution in [0, 0.1) is 23.2 Å². The molecule has 2 saturated carbocycles. The summed E-state index contributed by atoms with van der Waals surface area (Å²) < 4.78 is 14.3. The van der Waals surface area contributed by atoms with Crippen LogP contribution in [0.1, 0.15) is 149 Å². The predicted octanol–water partition coefficient (Wildman–Crippen LogP) is 13.2. The molecule has 2 fully saturated rings. The van der Waals surface area contributed by atoms with E-state index in [2.05, 4.69) is 106 Å². The molecule has 1 aromatic rings. The van der Waals surface area contributed by atoms with E-state index in [-0.39, 0.29) is 10.1 Å². The Morgan fingerprint density at radius 2 is 1.49 bits per heavy atom. The highest BCUT2D eigenvalue weighted by atomic mass is 28.4. The van der Waals surface area contributed by atoms with Crippen molar-refractivity contribution in [1.82, 2.24) is 0 Å². The molecule has 0 saturated heterocycles. The van der Waals surface area contributed by atoms with Gasteiger partial charge >= 0.3 is 0 Å². The third-order valence-corrected chi connectivity index (χ3v) is 22.5. The van der Waals surface area contributed by atoms with Gasteiger partial charge in [0.05, 0.1) is 6.10 Å². The first-order valence-electron chi connectivity index (χ1n) is 19.0. The number of hydrogen-bond acceptors (Lipinski definition) is 2. The van der Waals surface area contributed by atoms with Crippen molar-refractivity contribution in [2.45, 2.75) is 187 Å². The van der Waals surface area contributed by atoms with Crippen LogP contribution in [0.15, 0.2) is 30.9 Å². The minimum atomic E-state index is -1.87. The van der Waals surface area contributed by atoms with Gasteiger partial charge in [-0.05, 0) is 140 Å². The van der Waals surface area contributed by atoms with E-state index in [9.17, 15) is 0 Å². The van der Waals surface area contributed by atoms with Crippen molar-refractivity contribution < 1.29 is 8.85 Å². The lowest BCUT2D eigenvalue weighted by molar-refractivity contribution is -0.0264. The minimum Gasteiger partial charge on any atom is -0.543 e. The molecule has 0 N–H and O–H groups in total. The van der Waals surface area contributed by atoms with Crippen molar-refractivity contribution in [3.8, 4) is 5.75 Å². The molecule has 4 heteroatoms. The van der Waals surface area contributed by atoms with Gasteiger partial charge in [0.1, 0.15) is 5.75 Å². The Labute approximate surface area is 282 Å². The zero-order chi connectivity index (χ0) is 33.3. The molecule has 0 bridgehead atoms. The van der Waals surface area contributed by atoms with Gasteiger partial charge in [-0.3, -0.25) is 0 Å². The zero-order valence-electron chi connectivity index (χ0n) is 31.6. The van der Waals surface area contributed by atoms with E-state index in [1.807, 2.05) is 0 Å². The Kier molecular flexibility index (Phi) is 11.8. The fourth-order valence-electron chi connectivity index (χ4n) is 8.78. The number of fused-ring (bicyclic) bond motifs is 5. The van der Waals surface area contributed by atoms with Crippen LogP contribution in [0.2, 0.25) is 36.3 Å². The Bertz CT molecular complexity index is 1130. The van der Waals surface area contributed by atoms with Gasteiger partial charge in [-0.25, -0.2) is 0 Å². The predicted molar refractivity (Wildman–Crippen MR) is 202 cm³/mol. The number of unbranched alkanes of at least 4 members (excludes halogenated alkanes) is 7.